The molecule has 1 spiro atoms. The van der Waals surface area contributed by atoms with Gasteiger partial charge in [0.15, 0.2) is 0 Å². The van der Waals surface area contributed by atoms with E-state index in [0.29, 0.717) is 19.6 Å². The molecule has 1 aliphatic carbocycles. The molecule has 3 fully saturated rings. The Hall–Kier alpha value is -0.920. The van der Waals surface area contributed by atoms with Crippen molar-refractivity contribution < 1.29 is 13.2 Å². The van der Waals surface area contributed by atoms with Gasteiger partial charge in [0.2, 0.25) is 15.9 Å². The number of amides is 1. The highest BCUT2D eigenvalue weighted by Gasteiger charge is 2.58. The second-order valence-electron chi connectivity index (χ2n) is 6.78. The molecule has 4 rings (SSSR count). The molecule has 3 heterocycles. The topological polar surface area (TPSA) is 57.7 Å². The summed E-state index contributed by atoms with van der Waals surface area (Å²) in [7, 11) is -3.19. The molecule has 2 atom stereocenters. The van der Waals surface area contributed by atoms with Crippen molar-refractivity contribution in [2.24, 2.45) is 11.3 Å². The second kappa shape index (κ2) is 4.79. The number of hydrogen-bond donors (Lipinski definition) is 0. The van der Waals surface area contributed by atoms with Gasteiger partial charge >= 0.3 is 0 Å². The average Bonchev–Trinajstić information content (AvgIpc) is 2.97. The van der Waals surface area contributed by atoms with Crippen LogP contribution in [-0.2, 0) is 14.8 Å². The molecule has 7 heteroatoms. The summed E-state index contributed by atoms with van der Waals surface area (Å²) >= 11 is 1.58. The predicted molar refractivity (Wildman–Crippen MR) is 86.4 cm³/mol. The first-order valence-corrected chi connectivity index (χ1v) is 10.2. The molecule has 0 radical (unpaired) electrons. The van der Waals surface area contributed by atoms with E-state index < -0.39 is 15.4 Å². The van der Waals surface area contributed by atoms with Crippen LogP contribution >= 0.6 is 11.3 Å². The molecule has 22 heavy (non-hydrogen) atoms. The summed E-state index contributed by atoms with van der Waals surface area (Å²) in [6.45, 7) is 3.57. The minimum atomic E-state index is -3.19. The maximum Gasteiger partial charge on any atom is 0.234 e. The molecule has 1 aromatic rings. The molecule has 0 bridgehead atoms. The summed E-state index contributed by atoms with van der Waals surface area (Å²) in [5, 5.41) is 3.75. The lowest BCUT2D eigenvalue weighted by Crippen LogP contribution is -2.40. The quantitative estimate of drug-likeness (QED) is 0.845. The lowest BCUT2D eigenvalue weighted by molar-refractivity contribution is -0.126. The molecule has 1 saturated carbocycles. The third kappa shape index (κ3) is 1.98. The van der Waals surface area contributed by atoms with Crippen LogP contribution in [-0.4, -0.2) is 43.5 Å². The van der Waals surface area contributed by atoms with Gasteiger partial charge in [0, 0.05) is 25.0 Å². The third-order valence-electron chi connectivity index (χ3n) is 5.46. The number of anilines is 1. The normalized spacial score (nSPS) is 33.2. The first kappa shape index (κ1) is 14.7. The van der Waals surface area contributed by atoms with E-state index in [1.165, 1.54) is 0 Å². The van der Waals surface area contributed by atoms with E-state index >= 15 is 0 Å². The zero-order valence-corrected chi connectivity index (χ0v) is 14.2. The van der Waals surface area contributed by atoms with E-state index in [1.54, 1.807) is 15.6 Å². The lowest BCUT2D eigenvalue weighted by Gasteiger charge is -2.26. The number of carbonyl (C=O) groups is 1. The molecule has 2 aliphatic heterocycles. The zero-order chi connectivity index (χ0) is 15.5. The standard InChI is InChI=1S/C15H20N2O3S2/c1-11-8-16(22(19,20)13-2-3-13)10-15(11)5-6-17(14(15)18)12-4-7-21-9-12/h4,7,9,11,13H,2-3,5-6,8,10H2,1H3/t11-,15-/m1/s1. The Morgan fingerprint density at radius 2 is 2.14 bits per heavy atom. The lowest BCUT2D eigenvalue weighted by atomic mass is 9.78. The Kier molecular flexibility index (Phi) is 3.19. The van der Waals surface area contributed by atoms with Crippen molar-refractivity contribution >= 4 is 33.0 Å². The van der Waals surface area contributed by atoms with Crippen LogP contribution in [0.15, 0.2) is 16.8 Å². The third-order valence-corrected chi connectivity index (χ3v) is 8.44. The highest BCUT2D eigenvalue weighted by atomic mass is 32.2. The van der Waals surface area contributed by atoms with Gasteiger partial charge in [-0.15, -0.1) is 0 Å². The fourth-order valence-electron chi connectivity index (χ4n) is 3.84. The van der Waals surface area contributed by atoms with Crippen LogP contribution in [0, 0.1) is 11.3 Å². The molecule has 0 aromatic carbocycles. The van der Waals surface area contributed by atoms with Crippen molar-refractivity contribution in [3.63, 3.8) is 0 Å². The molecule has 1 amide bonds. The molecule has 5 nitrogen and oxygen atoms in total. The van der Waals surface area contributed by atoms with Crippen LogP contribution in [0.5, 0.6) is 0 Å². The molecular formula is C15H20N2O3S2. The van der Waals surface area contributed by atoms with Gasteiger partial charge in [-0.3, -0.25) is 4.79 Å². The van der Waals surface area contributed by atoms with E-state index in [4.69, 9.17) is 0 Å². The minimum Gasteiger partial charge on any atom is -0.311 e. The first-order valence-electron chi connectivity index (χ1n) is 7.78. The van der Waals surface area contributed by atoms with Crippen LogP contribution in [0.4, 0.5) is 5.69 Å². The Balaban J connectivity index is 1.61. The summed E-state index contributed by atoms with van der Waals surface area (Å²) in [6.07, 6.45) is 2.30. The Morgan fingerprint density at radius 1 is 1.36 bits per heavy atom. The Labute approximate surface area is 135 Å². The summed E-state index contributed by atoms with van der Waals surface area (Å²) in [6, 6.07) is 1.96. The summed E-state index contributed by atoms with van der Waals surface area (Å²) < 4.78 is 26.6. The maximum atomic E-state index is 13.0. The largest absolute Gasteiger partial charge is 0.311 e. The van der Waals surface area contributed by atoms with E-state index in [0.717, 1.165) is 24.9 Å². The zero-order valence-electron chi connectivity index (χ0n) is 12.6. The highest BCUT2D eigenvalue weighted by molar-refractivity contribution is 7.90. The van der Waals surface area contributed by atoms with Gasteiger partial charge in [-0.05, 0) is 36.6 Å². The Bertz CT molecular complexity index is 696. The van der Waals surface area contributed by atoms with Gasteiger partial charge < -0.3 is 4.90 Å². The van der Waals surface area contributed by atoms with Crippen molar-refractivity contribution in [3.8, 4) is 0 Å². The van der Waals surface area contributed by atoms with Crippen LogP contribution in [0.2, 0.25) is 0 Å². The average molecular weight is 340 g/mol. The minimum absolute atomic E-state index is 0.0807. The van der Waals surface area contributed by atoms with Gasteiger partial charge in [-0.2, -0.15) is 11.3 Å². The van der Waals surface area contributed by atoms with Gasteiger partial charge in [-0.1, -0.05) is 6.92 Å². The highest BCUT2D eigenvalue weighted by Crippen LogP contribution is 2.48. The maximum absolute atomic E-state index is 13.0. The number of carbonyl (C=O) groups excluding carboxylic acids is 1. The number of rotatable bonds is 3. The molecule has 1 aromatic heterocycles. The van der Waals surface area contributed by atoms with E-state index in [2.05, 4.69) is 0 Å². The van der Waals surface area contributed by atoms with Crippen LogP contribution in [0.1, 0.15) is 26.2 Å². The molecule has 0 N–H and O–H groups in total. The predicted octanol–water partition coefficient (Wildman–Crippen LogP) is 1.92. The molecule has 0 unspecified atom stereocenters. The van der Waals surface area contributed by atoms with Gasteiger partial charge in [0.1, 0.15) is 0 Å². The van der Waals surface area contributed by atoms with Crippen molar-refractivity contribution in [2.45, 2.75) is 31.4 Å². The van der Waals surface area contributed by atoms with E-state index in [1.807, 2.05) is 28.7 Å². The van der Waals surface area contributed by atoms with Crippen LogP contribution < -0.4 is 4.90 Å². The first-order chi connectivity index (χ1) is 10.4. The summed E-state index contributed by atoms with van der Waals surface area (Å²) in [5.74, 6) is 0.184. The molecule has 2 saturated heterocycles. The molecule has 120 valence electrons. The fraction of sp³-hybridized carbons (Fsp3) is 0.667. The summed E-state index contributed by atoms with van der Waals surface area (Å²) in [5.41, 5.74) is 0.423. The SMILES string of the molecule is C[C@@H]1CN(S(=O)(=O)C2CC2)C[C@]12CCN(c1ccsc1)C2=O. The number of sulfonamides is 1. The molecule has 3 aliphatic rings. The van der Waals surface area contributed by atoms with Gasteiger partial charge in [-0.25, -0.2) is 12.7 Å². The van der Waals surface area contributed by atoms with E-state index in [-0.39, 0.29) is 17.1 Å². The van der Waals surface area contributed by atoms with Gasteiger partial charge in [0.05, 0.1) is 16.4 Å². The van der Waals surface area contributed by atoms with Crippen LogP contribution in [0.25, 0.3) is 0 Å². The van der Waals surface area contributed by atoms with Crippen molar-refractivity contribution in [2.75, 3.05) is 24.5 Å². The monoisotopic (exact) mass is 340 g/mol. The van der Waals surface area contributed by atoms with Gasteiger partial charge in [0.25, 0.3) is 0 Å². The molecular weight excluding hydrogens is 320 g/mol. The van der Waals surface area contributed by atoms with Crippen molar-refractivity contribution in [1.82, 2.24) is 4.31 Å². The van der Waals surface area contributed by atoms with Crippen molar-refractivity contribution in [3.05, 3.63) is 16.8 Å². The number of thiophene rings is 1. The number of hydrogen-bond acceptors (Lipinski definition) is 4. The summed E-state index contributed by atoms with van der Waals surface area (Å²) in [4.78, 5) is 14.8. The Morgan fingerprint density at radius 3 is 2.77 bits per heavy atom. The number of nitrogens with zero attached hydrogens (tertiary/aromatic N) is 2. The second-order valence-corrected chi connectivity index (χ2v) is 9.78. The van der Waals surface area contributed by atoms with Crippen LogP contribution in [0.3, 0.4) is 0 Å². The fourth-order valence-corrected chi connectivity index (χ4v) is 6.47. The smallest absolute Gasteiger partial charge is 0.234 e. The van der Waals surface area contributed by atoms with E-state index in [9.17, 15) is 13.2 Å². The van der Waals surface area contributed by atoms with Crippen molar-refractivity contribution in [1.29, 1.82) is 0 Å².